The molecule has 0 saturated heterocycles. The van der Waals surface area contributed by atoms with Gasteiger partial charge in [-0.1, -0.05) is 39.7 Å². The van der Waals surface area contributed by atoms with Crippen LogP contribution in [0.5, 0.6) is 5.75 Å². The van der Waals surface area contributed by atoms with Crippen molar-refractivity contribution in [2.24, 2.45) is 4.99 Å². The molecule has 1 atom stereocenters. The molecule has 1 aliphatic rings. The number of hydrogen-bond acceptors (Lipinski definition) is 6. The van der Waals surface area contributed by atoms with Gasteiger partial charge in [0.25, 0.3) is 0 Å². The molecule has 0 saturated carbocycles. The topological polar surface area (TPSA) is 81.4 Å². The Morgan fingerprint density at radius 2 is 1.93 bits per heavy atom. The van der Waals surface area contributed by atoms with Crippen LogP contribution in [0.4, 0.5) is 0 Å². The highest BCUT2D eigenvalue weighted by Gasteiger charge is 2.30. The van der Waals surface area contributed by atoms with Crippen molar-refractivity contribution in [1.29, 1.82) is 0 Å². The number of ether oxygens (including phenoxy) is 1. The summed E-state index contributed by atoms with van der Waals surface area (Å²) in [6.45, 7) is 2.44. The zero-order valence-corrected chi connectivity index (χ0v) is 25.0. The fraction of sp³-hybridized carbons (Fsp3) is 0.200. The van der Waals surface area contributed by atoms with Crippen molar-refractivity contribution in [3.8, 4) is 11.4 Å². The van der Waals surface area contributed by atoms with Crippen molar-refractivity contribution in [2.75, 3.05) is 13.7 Å². The van der Waals surface area contributed by atoms with Gasteiger partial charge in [-0.05, 0) is 73.3 Å². The summed E-state index contributed by atoms with van der Waals surface area (Å²) in [5.41, 5.74) is 3.37. The van der Waals surface area contributed by atoms with Crippen LogP contribution >= 0.6 is 38.9 Å². The molecule has 0 bridgehead atoms. The molecular weight excluding hydrogens is 610 g/mol. The van der Waals surface area contributed by atoms with E-state index in [0.29, 0.717) is 23.1 Å². The van der Waals surface area contributed by atoms with Crippen LogP contribution in [-0.4, -0.2) is 40.0 Å². The zero-order chi connectivity index (χ0) is 27.8. The van der Waals surface area contributed by atoms with Crippen LogP contribution in [0, 0.1) is 6.92 Å². The van der Waals surface area contributed by atoms with E-state index in [-0.39, 0.29) is 12.3 Å². The first-order valence-electron chi connectivity index (χ1n) is 12.8. The first-order valence-corrected chi connectivity index (χ1v) is 14.8. The van der Waals surface area contributed by atoms with Gasteiger partial charge in [-0.2, -0.15) is 0 Å². The smallest absolute Gasteiger partial charge is 0.222 e. The summed E-state index contributed by atoms with van der Waals surface area (Å²) in [6.07, 6.45) is 0.896. The van der Waals surface area contributed by atoms with E-state index in [1.54, 1.807) is 18.4 Å². The highest BCUT2D eigenvalue weighted by molar-refractivity contribution is 9.10. The van der Waals surface area contributed by atoms with Gasteiger partial charge in [0, 0.05) is 36.7 Å². The van der Waals surface area contributed by atoms with E-state index in [2.05, 4.69) is 49.6 Å². The van der Waals surface area contributed by atoms with E-state index >= 15 is 0 Å². The first kappa shape index (κ1) is 26.7. The van der Waals surface area contributed by atoms with Crippen molar-refractivity contribution in [1.82, 2.24) is 20.1 Å². The number of amides is 1. The number of aryl methyl sites for hydroxylation is 1. The molecule has 1 aliphatic heterocycles. The number of rotatable bonds is 7. The average Bonchev–Trinajstić information content (AvgIpc) is 3.50. The Labute approximate surface area is 249 Å². The average molecular weight is 635 g/mol. The Hall–Kier alpha value is -3.53. The molecule has 5 aromatic rings. The lowest BCUT2D eigenvalue weighted by molar-refractivity contribution is -0.121. The molecule has 0 aliphatic carbocycles. The van der Waals surface area contributed by atoms with Gasteiger partial charge >= 0.3 is 0 Å². The molecule has 3 heterocycles. The lowest BCUT2D eigenvalue weighted by Gasteiger charge is -2.14. The number of hydrogen-bond donors (Lipinski definition) is 1. The number of thiophene rings is 1. The molecular formula is C30H25BrClN5O2S. The van der Waals surface area contributed by atoms with Crippen LogP contribution in [0.3, 0.4) is 0 Å². The third-order valence-electron chi connectivity index (χ3n) is 6.85. The van der Waals surface area contributed by atoms with Crippen LogP contribution < -0.4 is 10.1 Å². The second-order valence-electron chi connectivity index (χ2n) is 9.52. The standard InChI is InChI=1S/C30H25BrClN5O2S/c1-17-35-36-30-25(16-28(38)33-12-11-23-14-19-13-20(31)5-10-27(19)40-23)34-29(18-3-6-21(32)7-4-18)24-15-22(39-2)8-9-26(24)37(17)30/h3-10,13-15,25H,11-12,16H2,1-2H3,(H,33,38)/t25-/m0/s1. The lowest BCUT2D eigenvalue weighted by Crippen LogP contribution is -2.27. The molecule has 7 nitrogen and oxygen atoms in total. The van der Waals surface area contributed by atoms with Crippen LogP contribution in [0.2, 0.25) is 5.02 Å². The van der Waals surface area contributed by atoms with E-state index in [1.807, 2.05) is 60.0 Å². The number of nitrogens with one attached hydrogen (secondary N) is 1. The molecule has 1 N–H and O–H groups in total. The molecule has 3 aromatic carbocycles. The molecule has 10 heteroatoms. The van der Waals surface area contributed by atoms with Crippen LogP contribution in [-0.2, 0) is 11.2 Å². The van der Waals surface area contributed by atoms with E-state index < -0.39 is 6.04 Å². The predicted octanol–water partition coefficient (Wildman–Crippen LogP) is 6.86. The highest BCUT2D eigenvalue weighted by atomic mass is 79.9. The molecule has 0 spiro atoms. The highest BCUT2D eigenvalue weighted by Crippen LogP contribution is 2.34. The maximum atomic E-state index is 13.2. The van der Waals surface area contributed by atoms with E-state index in [9.17, 15) is 4.79 Å². The number of aliphatic imine (C=N–C) groups is 1. The van der Waals surface area contributed by atoms with Gasteiger partial charge < -0.3 is 10.1 Å². The van der Waals surface area contributed by atoms with Crippen molar-refractivity contribution in [3.05, 3.63) is 104 Å². The van der Waals surface area contributed by atoms with E-state index in [0.717, 1.165) is 39.2 Å². The summed E-state index contributed by atoms with van der Waals surface area (Å²) in [4.78, 5) is 19.6. The van der Waals surface area contributed by atoms with Crippen molar-refractivity contribution in [2.45, 2.75) is 25.8 Å². The van der Waals surface area contributed by atoms with Crippen LogP contribution in [0.1, 0.15) is 40.1 Å². The molecule has 0 fully saturated rings. The zero-order valence-electron chi connectivity index (χ0n) is 21.8. The fourth-order valence-corrected chi connectivity index (χ4v) is 6.49. The third kappa shape index (κ3) is 5.29. The summed E-state index contributed by atoms with van der Waals surface area (Å²) >= 11 is 11.5. The third-order valence-corrected chi connectivity index (χ3v) is 8.77. The second-order valence-corrected chi connectivity index (χ2v) is 12.0. The quantitative estimate of drug-likeness (QED) is 0.212. The number of carbonyl (C=O) groups is 1. The molecule has 2 aromatic heterocycles. The number of halogens is 2. The first-order chi connectivity index (χ1) is 19.4. The van der Waals surface area contributed by atoms with E-state index in [1.165, 1.54) is 15.0 Å². The Bertz CT molecular complexity index is 1760. The maximum Gasteiger partial charge on any atom is 0.222 e. The maximum absolute atomic E-state index is 13.2. The van der Waals surface area contributed by atoms with Gasteiger partial charge in [-0.15, -0.1) is 21.5 Å². The Morgan fingerprint density at radius 1 is 1.10 bits per heavy atom. The number of aromatic nitrogens is 3. The van der Waals surface area contributed by atoms with Gasteiger partial charge in [0.2, 0.25) is 5.91 Å². The number of nitrogens with zero attached hydrogens (tertiary/aromatic N) is 4. The van der Waals surface area contributed by atoms with Gasteiger partial charge in [-0.25, -0.2) is 0 Å². The molecule has 40 heavy (non-hydrogen) atoms. The Morgan fingerprint density at radius 3 is 2.73 bits per heavy atom. The van der Waals surface area contributed by atoms with Crippen molar-refractivity contribution >= 4 is 60.6 Å². The molecule has 0 unspecified atom stereocenters. The van der Waals surface area contributed by atoms with Crippen LogP contribution in [0.25, 0.3) is 15.8 Å². The molecule has 1 amide bonds. The number of methoxy groups -OCH3 is 1. The second kappa shape index (κ2) is 11.2. The molecule has 202 valence electrons. The lowest BCUT2D eigenvalue weighted by atomic mass is 10.00. The van der Waals surface area contributed by atoms with Crippen molar-refractivity contribution < 1.29 is 9.53 Å². The Kier molecular flexibility index (Phi) is 7.44. The summed E-state index contributed by atoms with van der Waals surface area (Å²) in [5.74, 6) is 1.95. The summed E-state index contributed by atoms with van der Waals surface area (Å²) in [6, 6.07) is 21.3. The Balaban J connectivity index is 1.29. The summed E-state index contributed by atoms with van der Waals surface area (Å²) < 4.78 is 9.81. The van der Waals surface area contributed by atoms with E-state index in [4.69, 9.17) is 21.3 Å². The fourth-order valence-electron chi connectivity index (χ4n) is 4.94. The number of fused-ring (bicyclic) bond motifs is 4. The predicted molar refractivity (Wildman–Crippen MR) is 163 cm³/mol. The minimum atomic E-state index is -0.535. The van der Waals surface area contributed by atoms with Crippen molar-refractivity contribution in [3.63, 3.8) is 0 Å². The molecule has 6 rings (SSSR count). The number of carbonyl (C=O) groups excluding carboxylic acids is 1. The normalized spacial score (nSPS) is 14.3. The minimum absolute atomic E-state index is 0.0937. The molecule has 0 radical (unpaired) electrons. The van der Waals surface area contributed by atoms with Gasteiger partial charge in [0.1, 0.15) is 17.6 Å². The summed E-state index contributed by atoms with van der Waals surface area (Å²) in [7, 11) is 1.64. The number of benzene rings is 3. The van der Waals surface area contributed by atoms with Gasteiger partial charge in [-0.3, -0.25) is 14.4 Å². The summed E-state index contributed by atoms with van der Waals surface area (Å²) in [5, 5.41) is 13.7. The largest absolute Gasteiger partial charge is 0.497 e. The van der Waals surface area contributed by atoms with Crippen LogP contribution in [0.15, 0.2) is 76.2 Å². The van der Waals surface area contributed by atoms with Gasteiger partial charge in [0.15, 0.2) is 5.82 Å². The minimum Gasteiger partial charge on any atom is -0.497 e. The SMILES string of the molecule is COc1ccc2c(c1)C(c1ccc(Cl)cc1)=N[C@@H](CC(=O)NCCc1cc3cc(Br)ccc3s1)c1nnc(C)n1-2. The monoisotopic (exact) mass is 633 g/mol. The van der Waals surface area contributed by atoms with Gasteiger partial charge in [0.05, 0.1) is 24.9 Å².